The highest BCUT2D eigenvalue weighted by molar-refractivity contribution is 5.19. The van der Waals surface area contributed by atoms with Crippen LogP contribution >= 0.6 is 0 Å². The predicted octanol–water partition coefficient (Wildman–Crippen LogP) is 8.32. The Bertz CT molecular complexity index is 739. The lowest BCUT2D eigenvalue weighted by atomic mass is 9.32. The van der Waals surface area contributed by atoms with Gasteiger partial charge in [0, 0.05) is 0 Å². The summed E-state index contributed by atoms with van der Waals surface area (Å²) in [6.45, 7) is 22.2. The van der Waals surface area contributed by atoms with Crippen molar-refractivity contribution in [3.8, 4) is 0 Å². The minimum Gasteiger partial charge on any atom is -0.330 e. The highest BCUT2D eigenvalue weighted by Crippen LogP contribution is 2.77. The first-order chi connectivity index (χ1) is 14.8. The van der Waals surface area contributed by atoms with Gasteiger partial charge < -0.3 is 5.73 Å². The Hall–Kier alpha value is -0.0400. The summed E-state index contributed by atoms with van der Waals surface area (Å²) in [6.07, 6.45) is 14.7. The second-order valence-corrected chi connectivity index (χ2v) is 15.6. The van der Waals surface area contributed by atoms with Gasteiger partial charge in [-0.15, -0.1) is 0 Å². The number of rotatable bonds is 2. The van der Waals surface area contributed by atoms with Gasteiger partial charge in [-0.1, -0.05) is 55.4 Å². The second kappa shape index (κ2) is 7.24. The Morgan fingerprint density at radius 1 is 0.719 bits per heavy atom. The average molecular weight is 442 g/mol. The summed E-state index contributed by atoms with van der Waals surface area (Å²) in [5.74, 6) is 6.26. The summed E-state index contributed by atoms with van der Waals surface area (Å²) in [4.78, 5) is 0. The molecule has 1 nitrogen and oxygen atoms in total. The molecule has 0 spiro atoms. The van der Waals surface area contributed by atoms with E-state index >= 15 is 0 Å². The van der Waals surface area contributed by atoms with E-state index in [4.69, 9.17) is 5.73 Å². The van der Waals surface area contributed by atoms with Crippen LogP contribution in [0.4, 0.5) is 0 Å². The molecule has 0 heterocycles. The molecule has 0 radical (unpaired) electrons. The average Bonchev–Trinajstić information content (AvgIpc) is 3.06. The van der Waals surface area contributed by atoms with E-state index in [1.54, 1.807) is 0 Å². The maximum absolute atomic E-state index is 6.31. The summed E-state index contributed by atoms with van der Waals surface area (Å²) >= 11 is 0. The third-order valence-electron chi connectivity index (χ3n) is 14.3. The molecule has 184 valence electrons. The fraction of sp³-hybridized carbons (Fsp3) is 1.00. The standard InChI is InChI=1S/C31H55N/c1-20(2)22-12-14-28(5)17-18-30(7)23(26(22)28)9-10-25-29(6)15-11-21(19-32)27(3,4)24(29)13-16-31(25,30)8/h20-26H,9-19,32H2,1-8H3/t21-,22+,23?,24?,25?,26?,28-,29+,30-,31-/m1/s1. The van der Waals surface area contributed by atoms with Gasteiger partial charge in [0.15, 0.2) is 0 Å². The summed E-state index contributed by atoms with van der Waals surface area (Å²) in [7, 11) is 0. The van der Waals surface area contributed by atoms with E-state index in [9.17, 15) is 0 Å². The first-order valence-electron chi connectivity index (χ1n) is 14.6. The highest BCUT2D eigenvalue weighted by atomic mass is 14.7. The minimum absolute atomic E-state index is 0.403. The quantitative estimate of drug-likeness (QED) is 0.458. The maximum Gasteiger partial charge on any atom is -0.00436 e. The molecule has 32 heavy (non-hydrogen) atoms. The maximum atomic E-state index is 6.31. The molecule has 0 bridgehead atoms. The topological polar surface area (TPSA) is 26.0 Å². The minimum atomic E-state index is 0.403. The smallest absolute Gasteiger partial charge is 0.00436 e. The molecule has 5 saturated carbocycles. The van der Waals surface area contributed by atoms with Crippen LogP contribution in [0.15, 0.2) is 0 Å². The van der Waals surface area contributed by atoms with Crippen LogP contribution in [0.25, 0.3) is 0 Å². The number of hydrogen-bond donors (Lipinski definition) is 1. The van der Waals surface area contributed by atoms with Crippen LogP contribution in [0.3, 0.4) is 0 Å². The van der Waals surface area contributed by atoms with E-state index in [-0.39, 0.29) is 0 Å². The van der Waals surface area contributed by atoms with Crippen LogP contribution < -0.4 is 5.73 Å². The molecule has 5 aliphatic carbocycles. The zero-order valence-electron chi connectivity index (χ0n) is 22.9. The lowest BCUT2D eigenvalue weighted by Gasteiger charge is -2.73. The first kappa shape index (κ1) is 23.7. The van der Waals surface area contributed by atoms with Gasteiger partial charge in [-0.25, -0.2) is 0 Å². The Morgan fingerprint density at radius 2 is 1.44 bits per heavy atom. The van der Waals surface area contributed by atoms with Crippen molar-refractivity contribution in [3.05, 3.63) is 0 Å². The van der Waals surface area contributed by atoms with E-state index < -0.39 is 0 Å². The zero-order chi connectivity index (χ0) is 23.3. The summed E-state index contributed by atoms with van der Waals surface area (Å²) < 4.78 is 0. The van der Waals surface area contributed by atoms with Crippen molar-refractivity contribution in [2.75, 3.05) is 6.54 Å². The monoisotopic (exact) mass is 441 g/mol. The Balaban J connectivity index is 1.52. The van der Waals surface area contributed by atoms with Crippen LogP contribution in [0.5, 0.6) is 0 Å². The highest BCUT2D eigenvalue weighted by Gasteiger charge is 2.70. The van der Waals surface area contributed by atoms with E-state index in [2.05, 4.69) is 55.4 Å². The van der Waals surface area contributed by atoms with Crippen LogP contribution in [0, 0.1) is 68.5 Å². The Labute approximate surface area is 200 Å². The van der Waals surface area contributed by atoms with Crippen molar-refractivity contribution >= 4 is 0 Å². The van der Waals surface area contributed by atoms with E-state index in [0.717, 1.165) is 48.0 Å². The molecule has 0 saturated heterocycles. The van der Waals surface area contributed by atoms with Crippen LogP contribution in [-0.4, -0.2) is 6.54 Å². The van der Waals surface area contributed by atoms with Gasteiger partial charge in [0.2, 0.25) is 0 Å². The molecular formula is C31H55N. The molecule has 4 unspecified atom stereocenters. The Morgan fingerprint density at radius 3 is 2.09 bits per heavy atom. The molecule has 0 aliphatic heterocycles. The van der Waals surface area contributed by atoms with Gasteiger partial charge >= 0.3 is 0 Å². The van der Waals surface area contributed by atoms with E-state index in [1.807, 2.05) is 0 Å². The van der Waals surface area contributed by atoms with E-state index in [1.165, 1.54) is 64.2 Å². The van der Waals surface area contributed by atoms with Gasteiger partial charge in [-0.2, -0.15) is 0 Å². The fourth-order valence-corrected chi connectivity index (χ4v) is 12.2. The largest absolute Gasteiger partial charge is 0.330 e. The number of fused-ring (bicyclic) bond motifs is 7. The van der Waals surface area contributed by atoms with Crippen molar-refractivity contribution < 1.29 is 0 Å². The van der Waals surface area contributed by atoms with Crippen LogP contribution in [0.1, 0.15) is 120 Å². The van der Waals surface area contributed by atoms with Gasteiger partial charge in [0.25, 0.3) is 0 Å². The lowest BCUT2D eigenvalue weighted by molar-refractivity contribution is -0.242. The van der Waals surface area contributed by atoms with Crippen molar-refractivity contribution in [1.29, 1.82) is 0 Å². The lowest BCUT2D eigenvalue weighted by Crippen LogP contribution is -2.66. The van der Waals surface area contributed by atoms with Gasteiger partial charge in [-0.05, 0) is 139 Å². The second-order valence-electron chi connectivity index (χ2n) is 15.6. The fourth-order valence-electron chi connectivity index (χ4n) is 12.2. The van der Waals surface area contributed by atoms with E-state index in [0.29, 0.717) is 27.1 Å². The molecule has 0 amide bonds. The first-order valence-corrected chi connectivity index (χ1v) is 14.6. The van der Waals surface area contributed by atoms with Crippen LogP contribution in [0.2, 0.25) is 0 Å². The van der Waals surface area contributed by atoms with Crippen LogP contribution in [-0.2, 0) is 0 Å². The Kier molecular flexibility index (Phi) is 5.36. The number of hydrogen-bond acceptors (Lipinski definition) is 1. The molecule has 0 aromatic rings. The molecule has 5 fully saturated rings. The molecular weight excluding hydrogens is 386 g/mol. The molecule has 2 N–H and O–H groups in total. The molecule has 5 aliphatic rings. The number of nitrogens with two attached hydrogens (primary N) is 1. The molecule has 10 atom stereocenters. The predicted molar refractivity (Wildman–Crippen MR) is 137 cm³/mol. The SMILES string of the molecule is CC(C)[C@@H]1CC[C@]2(C)CC[C@]3(C)C(CCC4[C@@]5(C)CC[C@H](CN)C(C)(C)C5CC[C@]43C)C12. The third kappa shape index (κ3) is 2.79. The molecule has 1 heteroatoms. The third-order valence-corrected chi connectivity index (χ3v) is 14.3. The van der Waals surface area contributed by atoms with Crippen molar-refractivity contribution in [2.45, 2.75) is 120 Å². The molecule has 5 rings (SSSR count). The van der Waals surface area contributed by atoms with Crippen molar-refractivity contribution in [1.82, 2.24) is 0 Å². The normalized spacial score (nSPS) is 56.8. The van der Waals surface area contributed by atoms with Gasteiger partial charge in [0.05, 0.1) is 0 Å². The van der Waals surface area contributed by atoms with Crippen molar-refractivity contribution in [3.63, 3.8) is 0 Å². The summed E-state index contributed by atoms with van der Waals surface area (Å²) in [5.41, 5.74) is 8.93. The molecule has 0 aromatic heterocycles. The summed E-state index contributed by atoms with van der Waals surface area (Å²) in [6, 6.07) is 0. The zero-order valence-corrected chi connectivity index (χ0v) is 22.9. The summed E-state index contributed by atoms with van der Waals surface area (Å²) in [5, 5.41) is 0. The van der Waals surface area contributed by atoms with Crippen molar-refractivity contribution in [2.24, 2.45) is 74.2 Å². The van der Waals surface area contributed by atoms with Gasteiger partial charge in [-0.3, -0.25) is 0 Å². The molecule has 0 aromatic carbocycles. The van der Waals surface area contributed by atoms with Gasteiger partial charge in [0.1, 0.15) is 0 Å².